The van der Waals surface area contributed by atoms with Crippen molar-refractivity contribution >= 4 is 5.69 Å². The number of ether oxygens (including phenoxy) is 1. The Bertz CT molecular complexity index is 343. The predicted octanol–water partition coefficient (Wildman–Crippen LogP) is 2.69. The maximum Gasteiger partial charge on any atom is 0.330 e. The summed E-state index contributed by atoms with van der Waals surface area (Å²) in [5, 5.41) is 0. The Balaban J connectivity index is 2.42. The number of alkyl halides is 4. The summed E-state index contributed by atoms with van der Waals surface area (Å²) in [7, 11) is 0. The fourth-order valence-electron chi connectivity index (χ4n) is 1.05. The van der Waals surface area contributed by atoms with E-state index >= 15 is 0 Å². The van der Waals surface area contributed by atoms with Crippen LogP contribution in [0.4, 0.5) is 23.2 Å². The molecule has 0 saturated heterocycles. The predicted molar refractivity (Wildman–Crippen MR) is 51.5 cm³/mol. The van der Waals surface area contributed by atoms with Gasteiger partial charge in [0, 0.05) is 5.69 Å². The molecule has 0 aliphatic carbocycles. The number of hydrogen-bond acceptors (Lipinski definition) is 2. The molecule has 6 heteroatoms. The Morgan fingerprint density at radius 2 is 2.00 bits per heavy atom. The van der Waals surface area contributed by atoms with Gasteiger partial charge in [-0.25, -0.2) is 8.78 Å². The zero-order valence-electron chi connectivity index (χ0n) is 8.30. The lowest BCUT2D eigenvalue weighted by atomic mass is 10.2. The monoisotopic (exact) mass is 237 g/mol. The molecule has 0 fully saturated rings. The standard InChI is InChI=1S/C10H11F4NO/c11-9(12)10(13,14)6-16-5-7-2-1-3-8(15)4-7/h1-4,9H,5-6,15H2. The first-order valence-corrected chi connectivity index (χ1v) is 4.50. The zero-order valence-corrected chi connectivity index (χ0v) is 8.30. The number of halogens is 4. The highest BCUT2D eigenvalue weighted by atomic mass is 19.3. The number of benzene rings is 1. The van der Waals surface area contributed by atoms with Gasteiger partial charge in [-0.15, -0.1) is 0 Å². The smallest absolute Gasteiger partial charge is 0.330 e. The molecule has 0 aliphatic rings. The lowest BCUT2D eigenvalue weighted by Crippen LogP contribution is -2.32. The largest absolute Gasteiger partial charge is 0.399 e. The highest BCUT2D eigenvalue weighted by Crippen LogP contribution is 2.23. The van der Waals surface area contributed by atoms with Crippen molar-refractivity contribution in [2.24, 2.45) is 0 Å². The minimum absolute atomic E-state index is 0.173. The molecule has 2 nitrogen and oxygen atoms in total. The van der Waals surface area contributed by atoms with Crippen molar-refractivity contribution in [3.05, 3.63) is 29.8 Å². The van der Waals surface area contributed by atoms with Crippen LogP contribution in [0.25, 0.3) is 0 Å². The third kappa shape index (κ3) is 3.69. The SMILES string of the molecule is Nc1cccc(COCC(F)(F)C(F)F)c1. The van der Waals surface area contributed by atoms with Crippen LogP contribution in [-0.4, -0.2) is 19.0 Å². The molecule has 0 radical (unpaired) electrons. The average Bonchev–Trinajstić information content (AvgIpc) is 2.17. The van der Waals surface area contributed by atoms with E-state index in [0.717, 1.165) is 0 Å². The Morgan fingerprint density at radius 3 is 2.56 bits per heavy atom. The summed E-state index contributed by atoms with van der Waals surface area (Å²) in [6, 6.07) is 6.38. The molecule has 0 unspecified atom stereocenters. The summed E-state index contributed by atoms with van der Waals surface area (Å²) in [4.78, 5) is 0. The molecule has 90 valence electrons. The summed E-state index contributed by atoms with van der Waals surface area (Å²) < 4.78 is 52.9. The summed E-state index contributed by atoms with van der Waals surface area (Å²) in [6.45, 7) is -1.48. The van der Waals surface area contributed by atoms with Crippen molar-refractivity contribution in [3.63, 3.8) is 0 Å². The molecule has 0 saturated carbocycles. The second-order valence-corrected chi connectivity index (χ2v) is 3.30. The summed E-state index contributed by atoms with van der Waals surface area (Å²) in [5.41, 5.74) is 6.46. The molecule has 1 aromatic carbocycles. The highest BCUT2D eigenvalue weighted by Gasteiger charge is 2.40. The molecule has 0 atom stereocenters. The van der Waals surface area contributed by atoms with E-state index in [1.807, 2.05) is 0 Å². The Kier molecular flexibility index (Phi) is 4.12. The molecular formula is C10H11F4NO. The van der Waals surface area contributed by atoms with Gasteiger partial charge in [-0.3, -0.25) is 0 Å². The minimum Gasteiger partial charge on any atom is -0.399 e. The minimum atomic E-state index is -4.11. The van der Waals surface area contributed by atoms with Crippen LogP contribution < -0.4 is 5.73 Å². The molecule has 0 aromatic heterocycles. The van der Waals surface area contributed by atoms with E-state index in [4.69, 9.17) is 5.73 Å². The molecule has 2 N–H and O–H groups in total. The first kappa shape index (κ1) is 12.8. The van der Waals surface area contributed by atoms with E-state index in [0.29, 0.717) is 11.3 Å². The third-order valence-electron chi connectivity index (χ3n) is 1.83. The molecule has 0 heterocycles. The molecule has 0 spiro atoms. The molecule has 1 rings (SSSR count). The fraction of sp³-hybridized carbons (Fsp3) is 0.400. The van der Waals surface area contributed by atoms with Crippen molar-refractivity contribution in [1.82, 2.24) is 0 Å². The Labute approximate surface area is 90.0 Å². The fourth-order valence-corrected chi connectivity index (χ4v) is 1.05. The normalized spacial score (nSPS) is 12.1. The number of nitrogen functional groups attached to an aromatic ring is 1. The van der Waals surface area contributed by atoms with Gasteiger partial charge in [0.2, 0.25) is 0 Å². The van der Waals surface area contributed by atoms with Gasteiger partial charge in [-0.1, -0.05) is 12.1 Å². The topological polar surface area (TPSA) is 35.2 Å². The van der Waals surface area contributed by atoms with Gasteiger partial charge in [-0.2, -0.15) is 8.78 Å². The van der Waals surface area contributed by atoms with Crippen LogP contribution in [0.2, 0.25) is 0 Å². The maximum absolute atomic E-state index is 12.4. The van der Waals surface area contributed by atoms with Crippen LogP contribution in [-0.2, 0) is 11.3 Å². The van der Waals surface area contributed by atoms with E-state index in [9.17, 15) is 17.6 Å². The van der Waals surface area contributed by atoms with Crippen molar-refractivity contribution in [2.75, 3.05) is 12.3 Å². The van der Waals surface area contributed by atoms with Crippen molar-refractivity contribution < 1.29 is 22.3 Å². The van der Waals surface area contributed by atoms with E-state index in [-0.39, 0.29) is 6.61 Å². The van der Waals surface area contributed by atoms with E-state index in [1.54, 1.807) is 18.2 Å². The van der Waals surface area contributed by atoms with Gasteiger partial charge in [0.05, 0.1) is 6.61 Å². The van der Waals surface area contributed by atoms with Gasteiger partial charge in [-0.05, 0) is 17.7 Å². The summed E-state index contributed by atoms with van der Waals surface area (Å²) in [5.74, 6) is -4.11. The van der Waals surface area contributed by atoms with Crippen LogP contribution in [0.1, 0.15) is 5.56 Å². The summed E-state index contributed by atoms with van der Waals surface area (Å²) >= 11 is 0. The van der Waals surface area contributed by atoms with Crippen LogP contribution in [0, 0.1) is 0 Å². The maximum atomic E-state index is 12.4. The van der Waals surface area contributed by atoms with E-state index in [1.165, 1.54) is 6.07 Å². The second kappa shape index (κ2) is 5.16. The highest BCUT2D eigenvalue weighted by molar-refractivity contribution is 5.40. The van der Waals surface area contributed by atoms with Gasteiger partial charge >= 0.3 is 12.3 Å². The van der Waals surface area contributed by atoms with Gasteiger partial charge in [0.25, 0.3) is 0 Å². The number of anilines is 1. The van der Waals surface area contributed by atoms with Crippen LogP contribution in [0.5, 0.6) is 0 Å². The van der Waals surface area contributed by atoms with Crippen molar-refractivity contribution in [2.45, 2.75) is 19.0 Å². The number of nitrogens with two attached hydrogens (primary N) is 1. The third-order valence-corrected chi connectivity index (χ3v) is 1.83. The summed E-state index contributed by atoms with van der Waals surface area (Å²) in [6.07, 6.45) is -3.71. The van der Waals surface area contributed by atoms with Gasteiger partial charge < -0.3 is 10.5 Å². The van der Waals surface area contributed by atoms with E-state index in [2.05, 4.69) is 4.74 Å². The molecular weight excluding hydrogens is 226 g/mol. The number of hydrogen-bond donors (Lipinski definition) is 1. The lowest BCUT2D eigenvalue weighted by molar-refractivity contribution is -0.168. The molecule has 0 aliphatic heterocycles. The lowest BCUT2D eigenvalue weighted by Gasteiger charge is -2.15. The van der Waals surface area contributed by atoms with Crippen LogP contribution >= 0.6 is 0 Å². The van der Waals surface area contributed by atoms with E-state index < -0.39 is 19.0 Å². The second-order valence-electron chi connectivity index (χ2n) is 3.30. The van der Waals surface area contributed by atoms with Crippen LogP contribution in [0.3, 0.4) is 0 Å². The molecule has 16 heavy (non-hydrogen) atoms. The molecule has 0 amide bonds. The van der Waals surface area contributed by atoms with Crippen molar-refractivity contribution in [3.8, 4) is 0 Å². The molecule has 0 bridgehead atoms. The van der Waals surface area contributed by atoms with Crippen LogP contribution in [0.15, 0.2) is 24.3 Å². The van der Waals surface area contributed by atoms with Crippen molar-refractivity contribution in [1.29, 1.82) is 0 Å². The number of rotatable bonds is 5. The quantitative estimate of drug-likeness (QED) is 0.631. The van der Waals surface area contributed by atoms with Gasteiger partial charge in [0.15, 0.2) is 0 Å². The first-order chi connectivity index (χ1) is 7.42. The molecule has 1 aromatic rings. The Morgan fingerprint density at radius 1 is 1.31 bits per heavy atom. The Hall–Kier alpha value is -1.30. The first-order valence-electron chi connectivity index (χ1n) is 4.50. The average molecular weight is 237 g/mol. The zero-order chi connectivity index (χ0) is 12.2. The van der Waals surface area contributed by atoms with Gasteiger partial charge in [0.1, 0.15) is 6.61 Å².